The fourth-order valence-electron chi connectivity index (χ4n) is 2.74. The number of para-hydroxylation sites is 1. The van der Waals surface area contributed by atoms with Gasteiger partial charge in [0.2, 0.25) is 0 Å². The second-order valence-electron chi connectivity index (χ2n) is 5.44. The third-order valence-electron chi connectivity index (χ3n) is 3.83. The summed E-state index contributed by atoms with van der Waals surface area (Å²) >= 11 is 0. The smallest absolute Gasteiger partial charge is 0.354 e. The zero-order valence-corrected chi connectivity index (χ0v) is 12.8. The highest BCUT2D eigenvalue weighted by Gasteiger charge is 2.19. The maximum absolute atomic E-state index is 11.0. The zero-order chi connectivity index (χ0) is 16.7. The number of fused-ring (bicyclic) bond motifs is 1. The first-order chi connectivity index (χ1) is 11.6. The van der Waals surface area contributed by atoms with Crippen LogP contribution in [-0.2, 0) is 7.05 Å². The molecule has 0 saturated carbocycles. The van der Waals surface area contributed by atoms with Crippen molar-refractivity contribution < 1.29 is 14.3 Å². The van der Waals surface area contributed by atoms with Gasteiger partial charge in [-0.3, -0.25) is 4.68 Å². The minimum atomic E-state index is -1.06. The zero-order valence-electron chi connectivity index (χ0n) is 12.8. The van der Waals surface area contributed by atoms with Crippen molar-refractivity contribution in [3.63, 3.8) is 0 Å². The second-order valence-corrected chi connectivity index (χ2v) is 5.44. The number of hydrogen-bond acceptors (Lipinski definition) is 4. The molecule has 3 aromatic heterocycles. The molecule has 3 heterocycles. The van der Waals surface area contributed by atoms with Crippen molar-refractivity contribution in [2.24, 2.45) is 7.05 Å². The Labute approximate surface area is 137 Å². The van der Waals surface area contributed by atoms with E-state index in [9.17, 15) is 4.79 Å². The van der Waals surface area contributed by atoms with E-state index in [0.717, 1.165) is 27.7 Å². The van der Waals surface area contributed by atoms with Crippen molar-refractivity contribution in [1.82, 2.24) is 14.8 Å². The summed E-state index contributed by atoms with van der Waals surface area (Å²) in [4.78, 5) is 15.0. The molecule has 0 bridgehead atoms. The topological polar surface area (TPSA) is 81.2 Å². The van der Waals surface area contributed by atoms with Gasteiger partial charge >= 0.3 is 5.97 Å². The fourth-order valence-corrected chi connectivity index (χ4v) is 2.74. The van der Waals surface area contributed by atoms with E-state index in [1.807, 2.05) is 37.5 Å². The van der Waals surface area contributed by atoms with Crippen LogP contribution in [-0.4, -0.2) is 25.8 Å². The number of benzene rings is 1. The normalized spacial score (nSPS) is 11.0. The summed E-state index contributed by atoms with van der Waals surface area (Å²) in [7, 11) is 1.86. The molecule has 24 heavy (non-hydrogen) atoms. The van der Waals surface area contributed by atoms with Gasteiger partial charge < -0.3 is 9.52 Å². The molecule has 0 fully saturated rings. The van der Waals surface area contributed by atoms with Crippen LogP contribution in [0.25, 0.3) is 33.4 Å². The summed E-state index contributed by atoms with van der Waals surface area (Å²) in [6.45, 7) is 0. The summed E-state index contributed by atoms with van der Waals surface area (Å²) in [5.74, 6) is -0.410. The number of aromatic nitrogens is 3. The Morgan fingerprint density at radius 2 is 1.96 bits per heavy atom. The van der Waals surface area contributed by atoms with E-state index >= 15 is 0 Å². The molecule has 6 heteroatoms. The summed E-state index contributed by atoms with van der Waals surface area (Å²) in [5, 5.41) is 14.2. The lowest BCUT2D eigenvalue weighted by atomic mass is 10.0. The number of hydrogen-bond donors (Lipinski definition) is 1. The van der Waals surface area contributed by atoms with Gasteiger partial charge in [0.1, 0.15) is 17.0 Å². The van der Waals surface area contributed by atoms with Gasteiger partial charge in [-0.1, -0.05) is 18.2 Å². The molecule has 1 N–H and O–H groups in total. The Balaban J connectivity index is 1.96. The minimum Gasteiger partial charge on any atom is -0.477 e. The number of pyridine rings is 1. The number of carboxylic acid groups (broad SMARTS) is 1. The quantitative estimate of drug-likeness (QED) is 0.624. The van der Waals surface area contributed by atoms with Gasteiger partial charge in [-0.15, -0.1) is 0 Å². The van der Waals surface area contributed by atoms with E-state index in [0.29, 0.717) is 5.76 Å². The van der Waals surface area contributed by atoms with E-state index in [1.54, 1.807) is 16.9 Å². The van der Waals surface area contributed by atoms with E-state index in [2.05, 4.69) is 10.1 Å². The van der Waals surface area contributed by atoms with Crippen LogP contribution in [0, 0.1) is 0 Å². The first kappa shape index (κ1) is 14.2. The van der Waals surface area contributed by atoms with Crippen LogP contribution in [0.15, 0.2) is 59.4 Å². The molecule has 0 aliphatic heterocycles. The summed E-state index contributed by atoms with van der Waals surface area (Å²) in [5.41, 5.74) is 3.32. The SMILES string of the molecule is Cn1cc(-c2c(-c3ccc(C(=O)O)nc3)oc3ccccc23)cn1. The molecular formula is C18H13N3O3. The van der Waals surface area contributed by atoms with Gasteiger partial charge in [0.05, 0.1) is 6.20 Å². The second kappa shape index (κ2) is 5.34. The average molecular weight is 319 g/mol. The Kier molecular flexibility index (Phi) is 3.16. The number of aromatic carboxylic acids is 1. The molecule has 0 amide bonds. The molecule has 0 radical (unpaired) electrons. The molecule has 6 nitrogen and oxygen atoms in total. The molecular weight excluding hydrogens is 306 g/mol. The standard InChI is InChI=1S/C18H13N3O3/c1-21-10-12(9-20-21)16-13-4-2-3-5-15(13)24-17(16)11-6-7-14(18(22)23)19-8-11/h2-10H,1H3,(H,22,23). The molecule has 4 aromatic rings. The van der Waals surface area contributed by atoms with E-state index in [1.165, 1.54) is 12.3 Å². The summed E-state index contributed by atoms with van der Waals surface area (Å²) < 4.78 is 7.75. The maximum atomic E-state index is 11.0. The van der Waals surface area contributed by atoms with Crippen molar-refractivity contribution in [2.75, 3.05) is 0 Å². The van der Waals surface area contributed by atoms with Gasteiger partial charge in [-0.05, 0) is 18.2 Å². The Morgan fingerprint density at radius 3 is 2.62 bits per heavy atom. The predicted octanol–water partition coefficient (Wildman–Crippen LogP) is 3.59. The van der Waals surface area contributed by atoms with Crippen LogP contribution in [0.3, 0.4) is 0 Å². The average Bonchev–Trinajstić information content (AvgIpc) is 3.18. The number of nitrogens with zero attached hydrogens (tertiary/aromatic N) is 3. The maximum Gasteiger partial charge on any atom is 0.354 e. The van der Waals surface area contributed by atoms with Gasteiger partial charge in [-0.2, -0.15) is 5.10 Å². The van der Waals surface area contributed by atoms with Crippen LogP contribution >= 0.6 is 0 Å². The molecule has 0 saturated heterocycles. The van der Waals surface area contributed by atoms with Crippen LogP contribution in [0.4, 0.5) is 0 Å². The van der Waals surface area contributed by atoms with Crippen LogP contribution < -0.4 is 0 Å². The van der Waals surface area contributed by atoms with Crippen LogP contribution in [0.5, 0.6) is 0 Å². The van der Waals surface area contributed by atoms with Crippen molar-refractivity contribution in [1.29, 1.82) is 0 Å². The molecule has 0 atom stereocenters. The third-order valence-corrected chi connectivity index (χ3v) is 3.83. The summed E-state index contributed by atoms with van der Waals surface area (Å²) in [6.07, 6.45) is 5.21. The van der Waals surface area contributed by atoms with Crippen LogP contribution in [0.2, 0.25) is 0 Å². The van der Waals surface area contributed by atoms with E-state index in [-0.39, 0.29) is 5.69 Å². The summed E-state index contributed by atoms with van der Waals surface area (Å²) in [6, 6.07) is 10.9. The number of carbonyl (C=O) groups is 1. The number of aryl methyl sites for hydroxylation is 1. The first-order valence-corrected chi connectivity index (χ1v) is 7.34. The van der Waals surface area contributed by atoms with E-state index < -0.39 is 5.97 Å². The molecule has 0 aliphatic rings. The monoisotopic (exact) mass is 319 g/mol. The molecule has 1 aromatic carbocycles. The van der Waals surface area contributed by atoms with Crippen molar-refractivity contribution in [3.8, 4) is 22.5 Å². The highest BCUT2D eigenvalue weighted by molar-refractivity contribution is 6.01. The lowest BCUT2D eigenvalue weighted by molar-refractivity contribution is 0.0690. The molecule has 118 valence electrons. The first-order valence-electron chi connectivity index (χ1n) is 7.34. The molecule has 0 unspecified atom stereocenters. The largest absolute Gasteiger partial charge is 0.477 e. The Hall–Kier alpha value is -3.41. The molecule has 0 aliphatic carbocycles. The van der Waals surface area contributed by atoms with Crippen molar-refractivity contribution >= 4 is 16.9 Å². The van der Waals surface area contributed by atoms with Crippen LogP contribution in [0.1, 0.15) is 10.5 Å². The van der Waals surface area contributed by atoms with Gasteiger partial charge in [-0.25, -0.2) is 9.78 Å². The lowest BCUT2D eigenvalue weighted by Gasteiger charge is -2.02. The highest BCUT2D eigenvalue weighted by atomic mass is 16.4. The lowest BCUT2D eigenvalue weighted by Crippen LogP contribution is -1.99. The number of furan rings is 1. The Morgan fingerprint density at radius 1 is 1.12 bits per heavy atom. The molecule has 4 rings (SSSR count). The van der Waals surface area contributed by atoms with Gasteiger partial charge in [0.25, 0.3) is 0 Å². The van der Waals surface area contributed by atoms with Gasteiger partial charge in [0.15, 0.2) is 0 Å². The number of rotatable bonds is 3. The van der Waals surface area contributed by atoms with E-state index in [4.69, 9.17) is 9.52 Å². The third kappa shape index (κ3) is 2.25. The highest BCUT2D eigenvalue weighted by Crippen LogP contribution is 2.40. The predicted molar refractivity (Wildman–Crippen MR) is 88.6 cm³/mol. The van der Waals surface area contributed by atoms with Crippen molar-refractivity contribution in [3.05, 3.63) is 60.7 Å². The Bertz CT molecular complexity index is 1050. The van der Waals surface area contributed by atoms with Crippen molar-refractivity contribution in [2.45, 2.75) is 0 Å². The van der Waals surface area contributed by atoms with Gasteiger partial charge in [0, 0.05) is 41.5 Å². The minimum absolute atomic E-state index is 0.00205. The molecule has 0 spiro atoms. The fraction of sp³-hybridized carbons (Fsp3) is 0.0556. The number of carboxylic acids is 1.